The van der Waals surface area contributed by atoms with Gasteiger partial charge in [-0.05, 0) is 37.0 Å². The van der Waals surface area contributed by atoms with Crippen molar-refractivity contribution < 1.29 is 14.9 Å². The van der Waals surface area contributed by atoms with Crippen LogP contribution in [0.3, 0.4) is 0 Å². The Bertz CT molecular complexity index is 531. The van der Waals surface area contributed by atoms with Crippen LogP contribution in [0.4, 0.5) is 0 Å². The van der Waals surface area contributed by atoms with E-state index in [2.05, 4.69) is 9.80 Å². The lowest BCUT2D eigenvalue weighted by Gasteiger charge is -2.44. The van der Waals surface area contributed by atoms with Gasteiger partial charge in [-0.1, -0.05) is 18.9 Å². The predicted octanol–water partition coefficient (Wildman–Crippen LogP) is 2.21. The van der Waals surface area contributed by atoms with Crippen LogP contribution >= 0.6 is 0 Å². The third-order valence-corrected chi connectivity index (χ3v) is 5.52. The van der Waals surface area contributed by atoms with E-state index in [9.17, 15) is 10.2 Å². The van der Waals surface area contributed by atoms with Gasteiger partial charge in [-0.15, -0.1) is 0 Å². The minimum Gasteiger partial charge on any atom is -0.504 e. The Labute approximate surface area is 144 Å². The van der Waals surface area contributed by atoms with Gasteiger partial charge in [-0.3, -0.25) is 9.80 Å². The number of hydrogen-bond acceptors (Lipinski definition) is 5. The Morgan fingerprint density at radius 1 is 1.21 bits per heavy atom. The zero-order chi connectivity index (χ0) is 16.9. The van der Waals surface area contributed by atoms with E-state index in [4.69, 9.17) is 4.74 Å². The second kappa shape index (κ2) is 8.19. The summed E-state index contributed by atoms with van der Waals surface area (Å²) in [7, 11) is 1.57. The third kappa shape index (κ3) is 4.02. The van der Waals surface area contributed by atoms with Crippen LogP contribution < -0.4 is 4.74 Å². The van der Waals surface area contributed by atoms with Crippen LogP contribution in [0.5, 0.6) is 11.5 Å². The average molecular weight is 334 g/mol. The molecule has 2 aliphatic rings. The first-order chi connectivity index (χ1) is 11.7. The Hall–Kier alpha value is -1.30. The predicted molar refractivity (Wildman–Crippen MR) is 94.4 cm³/mol. The molecule has 0 bridgehead atoms. The molecule has 1 saturated carbocycles. The molecule has 0 aromatic heterocycles. The number of rotatable bonds is 6. The van der Waals surface area contributed by atoms with Gasteiger partial charge in [0.25, 0.3) is 0 Å². The van der Waals surface area contributed by atoms with Gasteiger partial charge in [-0.25, -0.2) is 0 Å². The van der Waals surface area contributed by atoms with Gasteiger partial charge in [0.1, 0.15) is 0 Å². The van der Waals surface area contributed by atoms with E-state index in [0.717, 1.165) is 38.2 Å². The lowest BCUT2D eigenvalue weighted by atomic mass is 10.0. The van der Waals surface area contributed by atoms with Gasteiger partial charge in [0.15, 0.2) is 11.5 Å². The normalized spacial score (nSPS) is 23.7. The van der Waals surface area contributed by atoms with Gasteiger partial charge in [0.2, 0.25) is 0 Å². The first-order valence-corrected chi connectivity index (χ1v) is 9.16. The summed E-state index contributed by atoms with van der Waals surface area (Å²) >= 11 is 0. The highest BCUT2D eigenvalue weighted by molar-refractivity contribution is 5.41. The van der Waals surface area contributed by atoms with E-state index in [1.165, 1.54) is 25.7 Å². The fourth-order valence-corrected chi connectivity index (χ4v) is 4.29. The highest BCUT2D eigenvalue weighted by atomic mass is 16.5. The van der Waals surface area contributed by atoms with Crippen LogP contribution in [-0.4, -0.2) is 65.4 Å². The topological polar surface area (TPSA) is 56.2 Å². The Morgan fingerprint density at radius 2 is 2.00 bits per heavy atom. The number of benzene rings is 1. The summed E-state index contributed by atoms with van der Waals surface area (Å²) in [6, 6.07) is 6.80. The lowest BCUT2D eigenvalue weighted by Crippen LogP contribution is -2.55. The second-order valence-electron chi connectivity index (χ2n) is 7.08. The molecule has 0 amide bonds. The number of aliphatic hydroxyl groups is 1. The summed E-state index contributed by atoms with van der Waals surface area (Å²) in [5, 5.41) is 19.4. The van der Waals surface area contributed by atoms with Crippen molar-refractivity contribution in [3.8, 4) is 11.5 Å². The molecule has 3 rings (SSSR count). The summed E-state index contributed by atoms with van der Waals surface area (Å²) in [4.78, 5) is 5.08. The maximum absolute atomic E-state index is 9.96. The van der Waals surface area contributed by atoms with Crippen LogP contribution in [0.15, 0.2) is 18.2 Å². The molecular weight excluding hydrogens is 304 g/mol. The number of phenolic OH excluding ortho intramolecular Hbond substituents is 1. The largest absolute Gasteiger partial charge is 0.504 e. The number of phenols is 1. The molecule has 1 unspecified atom stereocenters. The van der Waals surface area contributed by atoms with E-state index in [1.54, 1.807) is 13.2 Å². The van der Waals surface area contributed by atoms with Gasteiger partial charge in [0.05, 0.1) is 7.11 Å². The highest BCUT2D eigenvalue weighted by Crippen LogP contribution is 2.30. The van der Waals surface area contributed by atoms with Crippen molar-refractivity contribution in [1.29, 1.82) is 0 Å². The van der Waals surface area contributed by atoms with Crippen molar-refractivity contribution in [1.82, 2.24) is 9.80 Å². The smallest absolute Gasteiger partial charge is 0.160 e. The molecule has 134 valence electrons. The second-order valence-corrected chi connectivity index (χ2v) is 7.08. The fourth-order valence-electron chi connectivity index (χ4n) is 4.29. The van der Waals surface area contributed by atoms with Crippen molar-refractivity contribution in [2.45, 2.75) is 50.7 Å². The van der Waals surface area contributed by atoms with E-state index < -0.39 is 0 Å². The first-order valence-electron chi connectivity index (χ1n) is 9.16. The van der Waals surface area contributed by atoms with Crippen molar-refractivity contribution >= 4 is 0 Å². The molecule has 0 radical (unpaired) electrons. The number of nitrogens with zero attached hydrogens (tertiary/aromatic N) is 2. The summed E-state index contributed by atoms with van der Waals surface area (Å²) in [6.07, 6.45) is 6.17. The van der Waals surface area contributed by atoms with Crippen LogP contribution in [0.25, 0.3) is 0 Å². The highest BCUT2D eigenvalue weighted by Gasteiger charge is 2.32. The Kier molecular flexibility index (Phi) is 5.98. The first kappa shape index (κ1) is 17.5. The SMILES string of the molecule is COc1ccc(CN2CCN(C3CCCC3)C(CCO)C2)cc1O. The van der Waals surface area contributed by atoms with Crippen LogP contribution in [0, 0.1) is 0 Å². The Balaban J connectivity index is 1.62. The van der Waals surface area contributed by atoms with Crippen LogP contribution in [0.2, 0.25) is 0 Å². The standard InChI is InChI=1S/C19H30N2O3/c1-24-19-7-6-15(12-18(19)23)13-20-9-10-21(16-4-2-3-5-16)17(14-20)8-11-22/h6-7,12,16-17,22-23H,2-5,8-11,13-14H2,1H3. The molecule has 1 aliphatic heterocycles. The maximum Gasteiger partial charge on any atom is 0.160 e. The summed E-state index contributed by atoms with van der Waals surface area (Å²) in [5.74, 6) is 0.717. The van der Waals surface area contributed by atoms with Gasteiger partial charge in [-0.2, -0.15) is 0 Å². The molecule has 2 fully saturated rings. The number of piperazine rings is 1. The molecule has 5 heteroatoms. The lowest BCUT2D eigenvalue weighted by molar-refractivity contribution is 0.0267. The number of methoxy groups -OCH3 is 1. The van der Waals surface area contributed by atoms with Crippen molar-refractivity contribution in [2.75, 3.05) is 33.4 Å². The number of ether oxygens (including phenoxy) is 1. The quantitative estimate of drug-likeness (QED) is 0.835. The van der Waals surface area contributed by atoms with Crippen molar-refractivity contribution in [3.05, 3.63) is 23.8 Å². The number of aromatic hydroxyl groups is 1. The molecule has 1 aromatic rings. The minimum atomic E-state index is 0.200. The molecular formula is C19H30N2O3. The molecule has 5 nitrogen and oxygen atoms in total. The molecule has 1 atom stereocenters. The van der Waals surface area contributed by atoms with E-state index in [-0.39, 0.29) is 12.4 Å². The molecule has 2 N–H and O–H groups in total. The van der Waals surface area contributed by atoms with Gasteiger partial charge in [0, 0.05) is 44.9 Å². The molecule has 1 heterocycles. The minimum absolute atomic E-state index is 0.200. The third-order valence-electron chi connectivity index (χ3n) is 5.52. The maximum atomic E-state index is 9.96. The molecule has 0 spiro atoms. The summed E-state index contributed by atoms with van der Waals surface area (Å²) in [5.41, 5.74) is 1.10. The van der Waals surface area contributed by atoms with E-state index in [0.29, 0.717) is 17.8 Å². The molecule has 1 saturated heterocycles. The Morgan fingerprint density at radius 3 is 2.67 bits per heavy atom. The molecule has 24 heavy (non-hydrogen) atoms. The summed E-state index contributed by atoms with van der Waals surface area (Å²) in [6.45, 7) is 4.20. The van der Waals surface area contributed by atoms with Crippen molar-refractivity contribution in [2.24, 2.45) is 0 Å². The van der Waals surface area contributed by atoms with E-state index >= 15 is 0 Å². The zero-order valence-electron chi connectivity index (χ0n) is 14.7. The summed E-state index contributed by atoms with van der Waals surface area (Å²) < 4.78 is 5.11. The van der Waals surface area contributed by atoms with Crippen molar-refractivity contribution in [3.63, 3.8) is 0 Å². The average Bonchev–Trinajstić information content (AvgIpc) is 3.10. The zero-order valence-corrected chi connectivity index (χ0v) is 14.7. The van der Waals surface area contributed by atoms with Gasteiger partial charge < -0.3 is 14.9 Å². The number of hydrogen-bond donors (Lipinski definition) is 2. The van der Waals surface area contributed by atoms with E-state index in [1.807, 2.05) is 12.1 Å². The van der Waals surface area contributed by atoms with Gasteiger partial charge >= 0.3 is 0 Å². The molecule has 1 aliphatic carbocycles. The molecule has 1 aromatic carbocycles. The fraction of sp³-hybridized carbons (Fsp3) is 0.684. The van der Waals surface area contributed by atoms with Crippen LogP contribution in [0.1, 0.15) is 37.7 Å². The number of aliphatic hydroxyl groups excluding tert-OH is 1. The van der Waals surface area contributed by atoms with Crippen LogP contribution in [-0.2, 0) is 6.54 Å². The monoisotopic (exact) mass is 334 g/mol.